The van der Waals surface area contributed by atoms with Gasteiger partial charge in [-0.25, -0.2) is 0 Å². The molecule has 120 valence electrons. The van der Waals surface area contributed by atoms with Crippen LogP contribution < -0.4 is 15.0 Å². The minimum Gasteiger partial charge on any atom is -0.493 e. The van der Waals surface area contributed by atoms with Gasteiger partial charge in [0.15, 0.2) is 11.5 Å². The Morgan fingerprint density at radius 2 is 1.73 bits per heavy atom. The summed E-state index contributed by atoms with van der Waals surface area (Å²) in [4.78, 5) is 15.0. The van der Waals surface area contributed by atoms with Crippen molar-refractivity contribution in [3.63, 3.8) is 0 Å². The largest absolute Gasteiger partial charge is 0.493 e. The molecule has 0 spiro atoms. The van der Waals surface area contributed by atoms with E-state index in [1.165, 1.54) is 30.8 Å². The number of hydrogen-bond acceptors (Lipinski definition) is 5. The lowest BCUT2D eigenvalue weighted by Gasteiger charge is -2.26. The van der Waals surface area contributed by atoms with E-state index in [1.54, 1.807) is 20.3 Å². The topological polar surface area (TPSA) is 43.7 Å². The molecular weight excluding hydrogens is 300 g/mol. The molecule has 0 unspecified atom stereocenters. The van der Waals surface area contributed by atoms with Crippen molar-refractivity contribution < 1.29 is 9.47 Å². The van der Waals surface area contributed by atoms with Crippen LogP contribution in [0.4, 0.5) is 0 Å². The lowest BCUT2D eigenvalue weighted by Crippen LogP contribution is -2.33. The molecule has 6 heteroatoms. The first-order valence-electron chi connectivity index (χ1n) is 7.71. The summed E-state index contributed by atoms with van der Waals surface area (Å²) in [7, 11) is 3.20. The number of piperidine rings is 1. The predicted octanol–water partition coefficient (Wildman–Crippen LogP) is 2.57. The van der Waals surface area contributed by atoms with Crippen LogP contribution >= 0.6 is 11.5 Å². The van der Waals surface area contributed by atoms with Crippen molar-refractivity contribution >= 4 is 21.6 Å². The van der Waals surface area contributed by atoms with Crippen molar-refractivity contribution in [1.29, 1.82) is 0 Å². The zero-order chi connectivity index (χ0) is 15.5. The molecule has 0 aliphatic carbocycles. The van der Waals surface area contributed by atoms with E-state index >= 15 is 0 Å². The van der Waals surface area contributed by atoms with E-state index in [1.807, 2.05) is 10.0 Å². The third kappa shape index (κ3) is 2.98. The lowest BCUT2D eigenvalue weighted by atomic mass is 10.1. The second-order valence-electron chi connectivity index (χ2n) is 5.60. The predicted molar refractivity (Wildman–Crippen MR) is 89.5 cm³/mol. The smallest absolute Gasteiger partial charge is 0.268 e. The Bertz CT molecular complexity index is 701. The van der Waals surface area contributed by atoms with Crippen LogP contribution in [0.1, 0.15) is 19.3 Å². The number of rotatable bonds is 5. The van der Waals surface area contributed by atoms with Crippen LogP contribution in [0.25, 0.3) is 10.1 Å². The number of hydrogen-bond donors (Lipinski definition) is 0. The number of nitrogens with zero attached hydrogens (tertiary/aromatic N) is 2. The number of benzene rings is 1. The van der Waals surface area contributed by atoms with Gasteiger partial charge in [-0.2, -0.15) is 0 Å². The number of fused-ring (bicyclic) bond motifs is 1. The Morgan fingerprint density at radius 1 is 1.05 bits per heavy atom. The van der Waals surface area contributed by atoms with Crippen LogP contribution in [0.2, 0.25) is 0 Å². The fraction of sp³-hybridized carbons (Fsp3) is 0.562. The average molecular weight is 322 g/mol. The second-order valence-corrected chi connectivity index (χ2v) is 6.67. The van der Waals surface area contributed by atoms with E-state index in [-0.39, 0.29) is 5.56 Å². The quantitative estimate of drug-likeness (QED) is 0.848. The SMILES string of the molecule is COc1cc2sn(CCN3CCCCC3)c(=O)c2cc1OC. The van der Waals surface area contributed by atoms with E-state index in [9.17, 15) is 4.79 Å². The molecule has 0 radical (unpaired) electrons. The molecule has 0 amide bonds. The summed E-state index contributed by atoms with van der Waals surface area (Å²) in [5.74, 6) is 1.27. The van der Waals surface area contributed by atoms with Crippen LogP contribution in [-0.2, 0) is 6.54 Å². The van der Waals surface area contributed by atoms with Gasteiger partial charge in [0, 0.05) is 19.2 Å². The van der Waals surface area contributed by atoms with Crippen molar-refractivity contribution in [1.82, 2.24) is 8.86 Å². The molecule has 1 aromatic carbocycles. The van der Waals surface area contributed by atoms with E-state index in [4.69, 9.17) is 9.47 Å². The molecule has 22 heavy (non-hydrogen) atoms. The summed E-state index contributed by atoms with van der Waals surface area (Å²) < 4.78 is 13.4. The van der Waals surface area contributed by atoms with Crippen molar-refractivity contribution in [3.05, 3.63) is 22.5 Å². The highest BCUT2D eigenvalue weighted by Crippen LogP contribution is 2.32. The van der Waals surface area contributed by atoms with Gasteiger partial charge in [0.05, 0.1) is 24.3 Å². The van der Waals surface area contributed by atoms with Crippen molar-refractivity contribution in [2.24, 2.45) is 0 Å². The van der Waals surface area contributed by atoms with Crippen molar-refractivity contribution in [2.45, 2.75) is 25.8 Å². The zero-order valence-electron chi connectivity index (χ0n) is 13.1. The zero-order valence-corrected chi connectivity index (χ0v) is 13.9. The van der Waals surface area contributed by atoms with E-state index in [2.05, 4.69) is 4.90 Å². The first-order valence-corrected chi connectivity index (χ1v) is 8.48. The number of methoxy groups -OCH3 is 2. The van der Waals surface area contributed by atoms with Gasteiger partial charge in [0.1, 0.15) is 0 Å². The third-order valence-corrected chi connectivity index (χ3v) is 5.32. The summed E-state index contributed by atoms with van der Waals surface area (Å²) in [6.07, 6.45) is 3.88. The van der Waals surface area contributed by atoms with Crippen LogP contribution in [0.3, 0.4) is 0 Å². The lowest BCUT2D eigenvalue weighted by molar-refractivity contribution is 0.222. The number of aromatic nitrogens is 1. The highest BCUT2D eigenvalue weighted by molar-refractivity contribution is 7.13. The Kier molecular flexibility index (Phi) is 4.69. The summed E-state index contributed by atoms with van der Waals surface area (Å²) >= 11 is 1.50. The van der Waals surface area contributed by atoms with Gasteiger partial charge in [0.2, 0.25) is 0 Å². The molecule has 1 aromatic heterocycles. The highest BCUT2D eigenvalue weighted by atomic mass is 32.1. The summed E-state index contributed by atoms with van der Waals surface area (Å²) in [5.41, 5.74) is 0.0676. The fourth-order valence-electron chi connectivity index (χ4n) is 2.96. The van der Waals surface area contributed by atoms with Crippen molar-refractivity contribution in [3.8, 4) is 11.5 Å². The first-order chi connectivity index (χ1) is 10.7. The molecule has 0 saturated carbocycles. The van der Waals surface area contributed by atoms with Gasteiger partial charge in [0.25, 0.3) is 5.56 Å². The minimum atomic E-state index is 0.0676. The molecule has 3 rings (SSSR count). The molecule has 0 N–H and O–H groups in total. The minimum absolute atomic E-state index is 0.0676. The van der Waals surface area contributed by atoms with Gasteiger partial charge in [-0.3, -0.25) is 8.75 Å². The van der Waals surface area contributed by atoms with E-state index < -0.39 is 0 Å². The Hall–Kier alpha value is -1.53. The maximum Gasteiger partial charge on any atom is 0.268 e. The van der Waals surface area contributed by atoms with Gasteiger partial charge in [-0.05, 0) is 32.0 Å². The summed E-state index contributed by atoms with van der Waals surface area (Å²) in [6, 6.07) is 3.67. The van der Waals surface area contributed by atoms with Gasteiger partial charge >= 0.3 is 0 Å². The molecule has 0 bridgehead atoms. The Labute approximate surface area is 134 Å². The Morgan fingerprint density at radius 3 is 2.41 bits per heavy atom. The standard InChI is InChI=1S/C16H22N2O3S/c1-20-13-10-12-15(11-14(13)21-2)22-18(16(12)19)9-8-17-6-4-3-5-7-17/h10-11H,3-9H2,1-2H3. The number of ether oxygens (including phenoxy) is 2. The fourth-order valence-corrected chi connectivity index (χ4v) is 3.96. The Balaban J connectivity index is 1.84. The normalized spacial score (nSPS) is 16.1. The van der Waals surface area contributed by atoms with Gasteiger partial charge < -0.3 is 14.4 Å². The highest BCUT2D eigenvalue weighted by Gasteiger charge is 2.15. The second kappa shape index (κ2) is 6.71. The molecule has 1 aliphatic rings. The average Bonchev–Trinajstić information content (AvgIpc) is 2.88. The summed E-state index contributed by atoms with van der Waals surface area (Å²) in [6.45, 7) is 4.01. The monoisotopic (exact) mass is 322 g/mol. The maximum absolute atomic E-state index is 12.5. The molecule has 0 atom stereocenters. The molecular formula is C16H22N2O3S. The third-order valence-electron chi connectivity index (χ3n) is 4.22. The molecule has 1 aliphatic heterocycles. The molecule has 1 saturated heterocycles. The van der Waals surface area contributed by atoms with Crippen LogP contribution in [0.15, 0.2) is 16.9 Å². The molecule has 5 nitrogen and oxygen atoms in total. The van der Waals surface area contributed by atoms with Crippen LogP contribution in [-0.4, -0.2) is 42.7 Å². The maximum atomic E-state index is 12.5. The molecule has 1 fully saturated rings. The van der Waals surface area contributed by atoms with E-state index in [0.29, 0.717) is 16.9 Å². The summed E-state index contributed by atoms with van der Waals surface area (Å²) in [5, 5.41) is 0.710. The van der Waals surface area contributed by atoms with Gasteiger partial charge in [-0.15, -0.1) is 0 Å². The first kappa shape index (κ1) is 15.4. The van der Waals surface area contributed by atoms with Gasteiger partial charge in [-0.1, -0.05) is 18.0 Å². The van der Waals surface area contributed by atoms with Crippen LogP contribution in [0.5, 0.6) is 11.5 Å². The van der Waals surface area contributed by atoms with Crippen LogP contribution in [0, 0.1) is 0 Å². The molecule has 2 aromatic rings. The van der Waals surface area contributed by atoms with E-state index in [0.717, 1.165) is 30.9 Å². The number of likely N-dealkylation sites (tertiary alicyclic amines) is 1. The molecule has 2 heterocycles. The van der Waals surface area contributed by atoms with Crippen molar-refractivity contribution in [2.75, 3.05) is 33.9 Å².